The number of pyridine rings is 1. The highest BCUT2D eigenvalue weighted by atomic mass is 16.5. The molecule has 0 saturated heterocycles. The van der Waals surface area contributed by atoms with E-state index in [1.54, 1.807) is 14.2 Å². The monoisotopic (exact) mass is 320 g/mol. The molecule has 0 amide bonds. The largest absolute Gasteiger partial charge is 0.382 e. The van der Waals surface area contributed by atoms with Crippen molar-refractivity contribution in [2.24, 2.45) is 4.99 Å². The van der Waals surface area contributed by atoms with Crippen LogP contribution in [0.3, 0.4) is 0 Å². The number of ether oxygens (including phenoxy) is 2. The van der Waals surface area contributed by atoms with E-state index in [0.29, 0.717) is 26.4 Å². The van der Waals surface area contributed by atoms with Crippen molar-refractivity contribution in [1.29, 1.82) is 0 Å². The Hall–Kier alpha value is -2.19. The summed E-state index contributed by atoms with van der Waals surface area (Å²) in [4.78, 5) is 4.19. The van der Waals surface area contributed by atoms with Gasteiger partial charge in [-0.1, -0.05) is 6.07 Å². The molecule has 0 radical (unpaired) electrons. The molecule has 8 heteroatoms. The van der Waals surface area contributed by atoms with Crippen molar-refractivity contribution in [3.63, 3.8) is 0 Å². The Morgan fingerprint density at radius 1 is 1.22 bits per heavy atom. The van der Waals surface area contributed by atoms with Gasteiger partial charge >= 0.3 is 0 Å². The molecule has 2 rings (SSSR count). The molecule has 2 heterocycles. The summed E-state index contributed by atoms with van der Waals surface area (Å²) in [5.41, 5.74) is 0.834. The SMILES string of the molecule is CN=C(NCCCOCCOC)NCc1nnc2ccccn12. The van der Waals surface area contributed by atoms with Crippen LogP contribution in [-0.2, 0) is 16.0 Å². The van der Waals surface area contributed by atoms with E-state index in [9.17, 15) is 0 Å². The van der Waals surface area contributed by atoms with Crippen molar-refractivity contribution in [3.05, 3.63) is 30.2 Å². The van der Waals surface area contributed by atoms with Crippen molar-refractivity contribution in [1.82, 2.24) is 25.2 Å². The third-order valence-electron chi connectivity index (χ3n) is 3.21. The molecule has 23 heavy (non-hydrogen) atoms. The summed E-state index contributed by atoms with van der Waals surface area (Å²) in [5.74, 6) is 1.57. The van der Waals surface area contributed by atoms with Gasteiger partial charge in [0, 0.05) is 33.5 Å². The number of fused-ring (bicyclic) bond motifs is 1. The van der Waals surface area contributed by atoms with Gasteiger partial charge in [0.2, 0.25) is 0 Å². The highest BCUT2D eigenvalue weighted by Crippen LogP contribution is 2.02. The van der Waals surface area contributed by atoms with Gasteiger partial charge in [0.05, 0.1) is 19.8 Å². The molecule has 8 nitrogen and oxygen atoms in total. The lowest BCUT2D eigenvalue weighted by atomic mass is 10.4. The highest BCUT2D eigenvalue weighted by Gasteiger charge is 2.05. The van der Waals surface area contributed by atoms with Crippen molar-refractivity contribution in [2.45, 2.75) is 13.0 Å². The molecule has 2 N–H and O–H groups in total. The van der Waals surface area contributed by atoms with Gasteiger partial charge in [-0.2, -0.15) is 0 Å². The lowest BCUT2D eigenvalue weighted by Crippen LogP contribution is -2.38. The van der Waals surface area contributed by atoms with Gasteiger partial charge in [0.25, 0.3) is 0 Å². The molecule has 0 aliphatic rings. The third kappa shape index (κ3) is 5.50. The quantitative estimate of drug-likeness (QED) is 0.396. The van der Waals surface area contributed by atoms with Crippen LogP contribution in [0, 0.1) is 0 Å². The lowest BCUT2D eigenvalue weighted by molar-refractivity contribution is 0.0698. The van der Waals surface area contributed by atoms with E-state index < -0.39 is 0 Å². The van der Waals surface area contributed by atoms with E-state index in [-0.39, 0.29) is 0 Å². The molecule has 126 valence electrons. The topological polar surface area (TPSA) is 85.1 Å². The minimum Gasteiger partial charge on any atom is -0.382 e. The standard InChI is InChI=1S/C15H24N6O2/c1-16-15(17-7-5-9-23-11-10-22-2)18-12-14-20-19-13-6-3-4-8-21(13)14/h3-4,6,8H,5,7,9-12H2,1-2H3,(H2,16,17,18). The molecule has 0 fully saturated rings. The average molecular weight is 320 g/mol. The molecular weight excluding hydrogens is 296 g/mol. The second-order valence-corrected chi connectivity index (χ2v) is 4.86. The normalized spacial score (nSPS) is 11.8. The zero-order valence-corrected chi connectivity index (χ0v) is 13.7. The molecule has 0 aliphatic heterocycles. The first-order valence-electron chi connectivity index (χ1n) is 7.65. The highest BCUT2D eigenvalue weighted by molar-refractivity contribution is 5.79. The summed E-state index contributed by atoms with van der Waals surface area (Å²) in [6, 6.07) is 5.82. The fraction of sp³-hybridized carbons (Fsp3) is 0.533. The maximum Gasteiger partial charge on any atom is 0.191 e. The molecule has 0 atom stereocenters. The summed E-state index contributed by atoms with van der Waals surface area (Å²) in [7, 11) is 3.41. The van der Waals surface area contributed by atoms with Crippen LogP contribution in [0.25, 0.3) is 5.65 Å². The number of hydrogen-bond acceptors (Lipinski definition) is 5. The van der Waals surface area contributed by atoms with E-state index in [1.165, 1.54) is 0 Å². The number of rotatable bonds is 9. The van der Waals surface area contributed by atoms with Crippen LogP contribution >= 0.6 is 0 Å². The summed E-state index contributed by atoms with van der Waals surface area (Å²) in [5, 5.41) is 14.8. The second kappa shape index (κ2) is 9.75. The van der Waals surface area contributed by atoms with Crippen LogP contribution < -0.4 is 10.6 Å². The Morgan fingerprint density at radius 2 is 2.13 bits per heavy atom. The molecule has 0 aromatic carbocycles. The molecule has 2 aromatic heterocycles. The lowest BCUT2D eigenvalue weighted by Gasteiger charge is -2.11. The number of methoxy groups -OCH3 is 1. The third-order valence-corrected chi connectivity index (χ3v) is 3.21. The molecule has 0 saturated carbocycles. The van der Waals surface area contributed by atoms with Crippen LogP contribution in [0.15, 0.2) is 29.4 Å². The zero-order chi connectivity index (χ0) is 16.3. The summed E-state index contributed by atoms with van der Waals surface area (Å²) in [6.07, 6.45) is 2.85. The van der Waals surface area contributed by atoms with E-state index in [2.05, 4.69) is 25.8 Å². The second-order valence-electron chi connectivity index (χ2n) is 4.86. The number of hydrogen-bond donors (Lipinski definition) is 2. The first-order chi connectivity index (χ1) is 11.3. The Morgan fingerprint density at radius 3 is 2.96 bits per heavy atom. The maximum absolute atomic E-state index is 5.41. The van der Waals surface area contributed by atoms with Gasteiger partial charge in [0.15, 0.2) is 17.4 Å². The minimum atomic E-state index is 0.551. The molecule has 0 bridgehead atoms. The summed E-state index contributed by atoms with van der Waals surface area (Å²) in [6.45, 7) is 3.29. The van der Waals surface area contributed by atoms with Crippen LogP contribution in [0.5, 0.6) is 0 Å². The average Bonchev–Trinajstić information content (AvgIpc) is 3.00. The van der Waals surface area contributed by atoms with Gasteiger partial charge in [-0.05, 0) is 18.6 Å². The minimum absolute atomic E-state index is 0.551. The maximum atomic E-state index is 5.41. The van der Waals surface area contributed by atoms with Crippen molar-refractivity contribution in [3.8, 4) is 0 Å². The van der Waals surface area contributed by atoms with Crippen molar-refractivity contribution >= 4 is 11.6 Å². The number of guanidine groups is 1. The van der Waals surface area contributed by atoms with Crippen molar-refractivity contribution < 1.29 is 9.47 Å². The molecule has 0 unspecified atom stereocenters. The van der Waals surface area contributed by atoms with Crippen LogP contribution in [0.4, 0.5) is 0 Å². The van der Waals surface area contributed by atoms with Gasteiger partial charge in [-0.3, -0.25) is 9.39 Å². The number of aliphatic imine (C=N–C) groups is 1. The molecule has 0 spiro atoms. The predicted molar refractivity (Wildman–Crippen MR) is 88.5 cm³/mol. The number of nitrogens with zero attached hydrogens (tertiary/aromatic N) is 4. The molecule has 0 aliphatic carbocycles. The van der Waals surface area contributed by atoms with Crippen LogP contribution in [-0.4, -0.2) is 61.1 Å². The van der Waals surface area contributed by atoms with Crippen molar-refractivity contribution in [2.75, 3.05) is 40.5 Å². The number of aromatic nitrogens is 3. The van der Waals surface area contributed by atoms with E-state index in [0.717, 1.165) is 30.4 Å². The Kier molecular flexibility index (Phi) is 7.28. The van der Waals surface area contributed by atoms with Crippen LogP contribution in [0.2, 0.25) is 0 Å². The zero-order valence-electron chi connectivity index (χ0n) is 13.7. The van der Waals surface area contributed by atoms with Gasteiger partial charge in [-0.25, -0.2) is 0 Å². The smallest absolute Gasteiger partial charge is 0.191 e. The predicted octanol–water partition coefficient (Wildman–Crippen LogP) is 0.447. The van der Waals surface area contributed by atoms with Gasteiger partial charge < -0.3 is 20.1 Å². The summed E-state index contributed by atoms with van der Waals surface area (Å²) >= 11 is 0. The van der Waals surface area contributed by atoms with E-state index in [1.807, 2.05) is 28.8 Å². The first kappa shape index (κ1) is 17.2. The van der Waals surface area contributed by atoms with E-state index >= 15 is 0 Å². The Balaban J connectivity index is 1.69. The first-order valence-corrected chi connectivity index (χ1v) is 7.65. The fourth-order valence-electron chi connectivity index (χ4n) is 2.02. The van der Waals surface area contributed by atoms with Crippen LogP contribution in [0.1, 0.15) is 12.2 Å². The number of nitrogens with one attached hydrogen (secondary N) is 2. The summed E-state index contributed by atoms with van der Waals surface area (Å²) < 4.78 is 12.3. The fourth-order valence-corrected chi connectivity index (χ4v) is 2.02. The molecular formula is C15H24N6O2. The van der Waals surface area contributed by atoms with E-state index in [4.69, 9.17) is 9.47 Å². The van der Waals surface area contributed by atoms with Gasteiger partial charge in [0.1, 0.15) is 0 Å². The van der Waals surface area contributed by atoms with Gasteiger partial charge in [-0.15, -0.1) is 10.2 Å². The Labute approximate surface area is 135 Å². The Bertz CT molecular complexity index is 613. The molecule has 2 aromatic rings.